The molecule has 17 heavy (non-hydrogen) atoms. The van der Waals surface area contributed by atoms with Crippen LogP contribution >= 0.6 is 12.2 Å². The van der Waals surface area contributed by atoms with Gasteiger partial charge in [-0.05, 0) is 24.4 Å². The third-order valence-corrected chi connectivity index (χ3v) is 2.95. The number of hydrogen-bond acceptors (Lipinski definition) is 4. The summed E-state index contributed by atoms with van der Waals surface area (Å²) in [6, 6.07) is 5.73. The van der Waals surface area contributed by atoms with Gasteiger partial charge in [-0.2, -0.15) is 5.10 Å². The van der Waals surface area contributed by atoms with Crippen molar-refractivity contribution in [2.75, 3.05) is 6.79 Å². The van der Waals surface area contributed by atoms with Crippen LogP contribution in [-0.4, -0.2) is 21.6 Å². The molecule has 88 valence electrons. The fourth-order valence-corrected chi connectivity index (χ4v) is 2.11. The van der Waals surface area contributed by atoms with E-state index in [0.717, 1.165) is 29.4 Å². The third-order valence-electron chi connectivity index (χ3n) is 2.67. The van der Waals surface area contributed by atoms with Gasteiger partial charge in [0.15, 0.2) is 16.3 Å². The summed E-state index contributed by atoms with van der Waals surface area (Å²) in [6.45, 7) is 2.31. The third kappa shape index (κ3) is 1.61. The second-order valence-electron chi connectivity index (χ2n) is 3.67. The van der Waals surface area contributed by atoms with Gasteiger partial charge in [0, 0.05) is 12.5 Å². The molecule has 1 aliphatic rings. The number of aryl methyl sites for hydroxylation is 1. The maximum Gasteiger partial charge on any atom is 0.231 e. The van der Waals surface area contributed by atoms with Crippen LogP contribution in [0.25, 0.3) is 5.69 Å². The number of H-pyrrole nitrogens is 1. The van der Waals surface area contributed by atoms with Crippen LogP contribution in [0.2, 0.25) is 0 Å². The zero-order valence-electron chi connectivity index (χ0n) is 9.27. The van der Waals surface area contributed by atoms with E-state index in [1.54, 1.807) is 0 Å². The fourth-order valence-electron chi connectivity index (χ4n) is 1.86. The summed E-state index contributed by atoms with van der Waals surface area (Å²) >= 11 is 5.22. The van der Waals surface area contributed by atoms with Gasteiger partial charge in [0.2, 0.25) is 6.79 Å². The molecule has 0 unspecified atom stereocenters. The zero-order chi connectivity index (χ0) is 11.8. The van der Waals surface area contributed by atoms with Gasteiger partial charge in [0.25, 0.3) is 0 Å². The van der Waals surface area contributed by atoms with E-state index in [2.05, 4.69) is 10.2 Å². The number of aromatic nitrogens is 3. The van der Waals surface area contributed by atoms with E-state index in [4.69, 9.17) is 21.7 Å². The van der Waals surface area contributed by atoms with Gasteiger partial charge in [-0.1, -0.05) is 6.92 Å². The Hall–Kier alpha value is -1.82. The quantitative estimate of drug-likeness (QED) is 0.829. The number of ether oxygens (including phenoxy) is 2. The van der Waals surface area contributed by atoms with E-state index in [-0.39, 0.29) is 6.79 Å². The standard InChI is InChI=1S/C11H11N3O2S/c1-2-10-12-13-11(17)14(10)7-3-4-8-9(5-7)16-6-15-8/h3-5H,2,6H2,1H3,(H,13,17). The first kappa shape index (κ1) is 10.3. The molecule has 1 N–H and O–H groups in total. The van der Waals surface area contributed by atoms with E-state index >= 15 is 0 Å². The van der Waals surface area contributed by atoms with Gasteiger partial charge in [-0.25, -0.2) is 0 Å². The molecule has 1 aliphatic heterocycles. The monoisotopic (exact) mass is 249 g/mol. The average molecular weight is 249 g/mol. The summed E-state index contributed by atoms with van der Waals surface area (Å²) in [5, 5.41) is 6.98. The van der Waals surface area contributed by atoms with Crippen LogP contribution in [0.4, 0.5) is 0 Å². The lowest BCUT2D eigenvalue weighted by atomic mass is 10.2. The molecule has 3 rings (SSSR count). The highest BCUT2D eigenvalue weighted by atomic mass is 32.1. The molecule has 1 aromatic carbocycles. The first-order valence-electron chi connectivity index (χ1n) is 5.36. The highest BCUT2D eigenvalue weighted by Gasteiger charge is 2.15. The van der Waals surface area contributed by atoms with Crippen LogP contribution in [0, 0.1) is 4.77 Å². The first-order valence-corrected chi connectivity index (χ1v) is 5.76. The minimum atomic E-state index is 0.274. The van der Waals surface area contributed by atoms with E-state index in [0.29, 0.717) is 4.77 Å². The molecule has 0 amide bonds. The largest absolute Gasteiger partial charge is 0.454 e. The van der Waals surface area contributed by atoms with Gasteiger partial charge in [-0.15, -0.1) is 0 Å². The predicted octanol–water partition coefficient (Wildman–Crippen LogP) is 2.22. The molecule has 0 fully saturated rings. The molecule has 0 bridgehead atoms. The lowest BCUT2D eigenvalue weighted by molar-refractivity contribution is 0.174. The summed E-state index contributed by atoms with van der Waals surface area (Å²) in [6.07, 6.45) is 0.807. The second-order valence-corrected chi connectivity index (χ2v) is 4.06. The van der Waals surface area contributed by atoms with Crippen LogP contribution in [-0.2, 0) is 6.42 Å². The van der Waals surface area contributed by atoms with Crippen molar-refractivity contribution in [1.29, 1.82) is 0 Å². The highest BCUT2D eigenvalue weighted by Crippen LogP contribution is 2.33. The number of hydrogen-bond donors (Lipinski definition) is 1. The van der Waals surface area contributed by atoms with E-state index < -0.39 is 0 Å². The molecule has 1 aromatic heterocycles. The Morgan fingerprint density at radius 3 is 3.06 bits per heavy atom. The molecule has 2 heterocycles. The predicted molar refractivity (Wildman–Crippen MR) is 64.2 cm³/mol. The van der Waals surface area contributed by atoms with Crippen molar-refractivity contribution in [3.8, 4) is 17.2 Å². The van der Waals surface area contributed by atoms with Crippen LogP contribution in [0.15, 0.2) is 18.2 Å². The van der Waals surface area contributed by atoms with Crippen molar-refractivity contribution in [3.63, 3.8) is 0 Å². The molecule has 0 aliphatic carbocycles. The molecule has 5 nitrogen and oxygen atoms in total. The van der Waals surface area contributed by atoms with Gasteiger partial charge in [0.1, 0.15) is 5.82 Å². The number of rotatable bonds is 2. The fraction of sp³-hybridized carbons (Fsp3) is 0.273. The van der Waals surface area contributed by atoms with Crippen LogP contribution in [0.3, 0.4) is 0 Å². The molecular weight excluding hydrogens is 238 g/mol. The number of nitrogens with one attached hydrogen (secondary N) is 1. The second kappa shape index (κ2) is 3.89. The van der Waals surface area contributed by atoms with Crippen molar-refractivity contribution in [2.24, 2.45) is 0 Å². The molecule has 2 aromatic rings. The average Bonchev–Trinajstić information content (AvgIpc) is 2.93. The van der Waals surface area contributed by atoms with Crippen molar-refractivity contribution in [2.45, 2.75) is 13.3 Å². The van der Waals surface area contributed by atoms with E-state index in [1.165, 1.54) is 0 Å². The molecule has 0 atom stereocenters. The number of aromatic amines is 1. The molecule has 6 heteroatoms. The van der Waals surface area contributed by atoms with Crippen molar-refractivity contribution < 1.29 is 9.47 Å². The summed E-state index contributed by atoms with van der Waals surface area (Å²) in [4.78, 5) is 0. The Kier molecular flexibility index (Phi) is 2.36. The van der Waals surface area contributed by atoms with Gasteiger partial charge < -0.3 is 9.47 Å². The topological polar surface area (TPSA) is 52.1 Å². The maximum absolute atomic E-state index is 5.35. The lowest BCUT2D eigenvalue weighted by Crippen LogP contribution is -2.00. The Morgan fingerprint density at radius 1 is 1.41 bits per heavy atom. The van der Waals surface area contributed by atoms with Crippen LogP contribution < -0.4 is 9.47 Å². The zero-order valence-corrected chi connectivity index (χ0v) is 10.1. The van der Waals surface area contributed by atoms with Crippen LogP contribution in [0.5, 0.6) is 11.5 Å². The van der Waals surface area contributed by atoms with Crippen molar-refractivity contribution in [1.82, 2.24) is 14.8 Å². The van der Waals surface area contributed by atoms with Crippen LogP contribution in [0.1, 0.15) is 12.7 Å². The van der Waals surface area contributed by atoms with Gasteiger partial charge >= 0.3 is 0 Å². The van der Waals surface area contributed by atoms with Gasteiger partial charge in [0.05, 0.1) is 5.69 Å². The normalized spacial score (nSPS) is 13.0. The number of benzene rings is 1. The van der Waals surface area contributed by atoms with E-state index in [9.17, 15) is 0 Å². The highest BCUT2D eigenvalue weighted by molar-refractivity contribution is 7.71. The molecule has 0 saturated carbocycles. The Bertz CT molecular complexity index is 617. The summed E-state index contributed by atoms with van der Waals surface area (Å²) < 4.78 is 13.1. The minimum Gasteiger partial charge on any atom is -0.454 e. The molecular formula is C11H11N3O2S. The smallest absolute Gasteiger partial charge is 0.231 e. The molecule has 0 spiro atoms. The molecule has 0 radical (unpaired) electrons. The maximum atomic E-state index is 5.35. The van der Waals surface area contributed by atoms with Gasteiger partial charge in [-0.3, -0.25) is 9.67 Å². The summed E-state index contributed by atoms with van der Waals surface area (Å²) in [5.41, 5.74) is 0.935. The number of nitrogens with zero attached hydrogens (tertiary/aromatic N) is 2. The summed E-state index contributed by atoms with van der Waals surface area (Å²) in [7, 11) is 0. The summed E-state index contributed by atoms with van der Waals surface area (Å²) in [5.74, 6) is 2.41. The van der Waals surface area contributed by atoms with Crippen molar-refractivity contribution in [3.05, 3.63) is 28.8 Å². The Balaban J connectivity index is 2.15. The first-order chi connectivity index (χ1) is 8.29. The van der Waals surface area contributed by atoms with E-state index in [1.807, 2.05) is 29.7 Å². The SMILES string of the molecule is CCc1n[nH]c(=S)n1-c1ccc2c(c1)OCO2. The Labute approximate surface area is 103 Å². The number of fused-ring (bicyclic) bond motifs is 1. The lowest BCUT2D eigenvalue weighted by Gasteiger charge is -2.06. The Morgan fingerprint density at radius 2 is 2.24 bits per heavy atom. The minimum absolute atomic E-state index is 0.274. The van der Waals surface area contributed by atoms with Crippen molar-refractivity contribution >= 4 is 12.2 Å². The molecule has 0 saturated heterocycles.